The summed E-state index contributed by atoms with van der Waals surface area (Å²) in [6, 6.07) is 2.11. The van der Waals surface area contributed by atoms with Gasteiger partial charge in [-0.2, -0.15) is 0 Å². The number of aromatic nitrogens is 3. The minimum absolute atomic E-state index is 0. The number of hydrogen-bond donors (Lipinski definition) is 3. The number of carbonyl (C=O) groups excluding carboxylic acids is 1. The Balaban J connectivity index is 0.00000182. The summed E-state index contributed by atoms with van der Waals surface area (Å²) in [6.45, 7) is 0.807. The van der Waals surface area contributed by atoms with Crippen molar-refractivity contribution >= 4 is 46.9 Å². The molecule has 1 aliphatic carbocycles. The van der Waals surface area contributed by atoms with E-state index >= 15 is 0 Å². The highest BCUT2D eigenvalue weighted by molar-refractivity contribution is 8.04. The molecule has 4 rings (SSSR count). The number of nitrogens with two attached hydrogens (primary N) is 1. The Labute approximate surface area is 156 Å². The SMILES string of the molecule is Cl.N[C@@H]1CCC[C@@H]1NC(=O)C1=CN(c2ncnc3[nH]ccc23)CCS1. The van der Waals surface area contributed by atoms with Gasteiger partial charge < -0.3 is 20.9 Å². The number of thioether (sulfide) groups is 1. The first-order valence-corrected chi connectivity index (χ1v) is 9.17. The molecule has 7 nitrogen and oxygen atoms in total. The molecule has 0 aromatic carbocycles. The molecule has 1 fully saturated rings. The highest BCUT2D eigenvalue weighted by Gasteiger charge is 2.28. The number of aromatic amines is 1. The van der Waals surface area contributed by atoms with E-state index < -0.39 is 0 Å². The Morgan fingerprint density at radius 1 is 1.40 bits per heavy atom. The molecule has 0 radical (unpaired) electrons. The second-order valence-electron chi connectivity index (χ2n) is 6.15. The lowest BCUT2D eigenvalue weighted by Crippen LogP contribution is -2.44. The fourth-order valence-corrected chi connectivity index (χ4v) is 4.18. The van der Waals surface area contributed by atoms with Crippen molar-refractivity contribution in [3.8, 4) is 0 Å². The molecule has 2 aliphatic rings. The first-order chi connectivity index (χ1) is 11.7. The lowest BCUT2D eigenvalue weighted by atomic mass is 10.2. The van der Waals surface area contributed by atoms with E-state index in [4.69, 9.17) is 5.73 Å². The number of carbonyl (C=O) groups is 1. The lowest BCUT2D eigenvalue weighted by molar-refractivity contribution is -0.117. The van der Waals surface area contributed by atoms with Gasteiger partial charge in [-0.1, -0.05) is 0 Å². The van der Waals surface area contributed by atoms with Gasteiger partial charge in [0, 0.05) is 36.8 Å². The quantitative estimate of drug-likeness (QED) is 0.750. The van der Waals surface area contributed by atoms with Crippen LogP contribution in [0.1, 0.15) is 19.3 Å². The summed E-state index contributed by atoms with van der Waals surface area (Å²) >= 11 is 1.58. The van der Waals surface area contributed by atoms with Crippen LogP contribution in [0.3, 0.4) is 0 Å². The predicted octanol–water partition coefficient (Wildman–Crippen LogP) is 1.77. The van der Waals surface area contributed by atoms with Crippen LogP contribution in [0.15, 0.2) is 29.7 Å². The molecule has 1 saturated carbocycles. The second-order valence-corrected chi connectivity index (χ2v) is 7.28. The van der Waals surface area contributed by atoms with Gasteiger partial charge in [0.05, 0.1) is 10.3 Å². The topological polar surface area (TPSA) is 99.9 Å². The smallest absolute Gasteiger partial charge is 0.259 e. The number of H-pyrrole nitrogens is 1. The Morgan fingerprint density at radius 3 is 3.08 bits per heavy atom. The largest absolute Gasteiger partial charge is 0.347 e. The second kappa shape index (κ2) is 7.63. The zero-order chi connectivity index (χ0) is 16.5. The summed E-state index contributed by atoms with van der Waals surface area (Å²) in [5, 5.41) is 4.04. The van der Waals surface area contributed by atoms with Gasteiger partial charge in [0.25, 0.3) is 5.91 Å². The van der Waals surface area contributed by atoms with Crippen LogP contribution >= 0.6 is 24.2 Å². The number of fused-ring (bicyclic) bond motifs is 1. The van der Waals surface area contributed by atoms with E-state index in [1.54, 1.807) is 18.1 Å². The van der Waals surface area contributed by atoms with Crippen molar-refractivity contribution < 1.29 is 4.79 Å². The summed E-state index contributed by atoms with van der Waals surface area (Å²) in [4.78, 5) is 27.0. The maximum Gasteiger partial charge on any atom is 0.259 e. The summed E-state index contributed by atoms with van der Waals surface area (Å²) < 4.78 is 0. The van der Waals surface area contributed by atoms with Crippen molar-refractivity contribution in [3.05, 3.63) is 29.7 Å². The molecular weight excluding hydrogens is 360 g/mol. The first-order valence-electron chi connectivity index (χ1n) is 8.18. The summed E-state index contributed by atoms with van der Waals surface area (Å²) in [6.07, 6.45) is 8.30. The van der Waals surface area contributed by atoms with Crippen molar-refractivity contribution in [2.45, 2.75) is 31.3 Å². The van der Waals surface area contributed by atoms with Gasteiger partial charge in [-0.3, -0.25) is 4.79 Å². The minimum atomic E-state index is -0.0357. The van der Waals surface area contributed by atoms with Crippen molar-refractivity contribution in [1.29, 1.82) is 0 Å². The number of halogens is 1. The van der Waals surface area contributed by atoms with Crippen LogP contribution in [0.2, 0.25) is 0 Å². The molecule has 4 N–H and O–H groups in total. The molecule has 9 heteroatoms. The summed E-state index contributed by atoms with van der Waals surface area (Å²) in [5.74, 6) is 1.63. The maximum absolute atomic E-state index is 12.6. The molecule has 0 unspecified atom stereocenters. The van der Waals surface area contributed by atoms with Crippen molar-refractivity contribution in [2.75, 3.05) is 17.2 Å². The fraction of sp³-hybridized carbons (Fsp3) is 0.438. The average Bonchev–Trinajstić information content (AvgIpc) is 3.24. The van der Waals surface area contributed by atoms with E-state index in [2.05, 4.69) is 20.3 Å². The molecule has 2 aromatic rings. The molecule has 2 aromatic heterocycles. The van der Waals surface area contributed by atoms with Gasteiger partial charge in [-0.15, -0.1) is 24.2 Å². The van der Waals surface area contributed by atoms with Crippen LogP contribution in [0.5, 0.6) is 0 Å². The molecule has 0 saturated heterocycles. The molecular formula is C16H21ClN6OS. The molecule has 0 spiro atoms. The molecule has 2 atom stereocenters. The van der Waals surface area contributed by atoms with Crippen LogP contribution in [0.4, 0.5) is 5.82 Å². The van der Waals surface area contributed by atoms with Crippen LogP contribution in [0, 0.1) is 0 Å². The normalized spacial score (nSPS) is 23.2. The fourth-order valence-electron chi connectivity index (χ4n) is 3.28. The van der Waals surface area contributed by atoms with Gasteiger partial charge in [0.2, 0.25) is 0 Å². The van der Waals surface area contributed by atoms with Gasteiger partial charge in [0.15, 0.2) is 0 Å². The predicted molar refractivity (Wildman–Crippen MR) is 103 cm³/mol. The van der Waals surface area contributed by atoms with Crippen LogP contribution in [0.25, 0.3) is 11.0 Å². The molecule has 3 heterocycles. The summed E-state index contributed by atoms with van der Waals surface area (Å²) in [7, 11) is 0. The Hall–Kier alpha value is -1.77. The van der Waals surface area contributed by atoms with E-state index in [9.17, 15) is 4.79 Å². The molecule has 25 heavy (non-hydrogen) atoms. The van der Waals surface area contributed by atoms with Gasteiger partial charge in [-0.25, -0.2) is 9.97 Å². The van der Waals surface area contributed by atoms with Crippen molar-refractivity contribution in [1.82, 2.24) is 20.3 Å². The standard InChI is InChI=1S/C16H20N6OS.ClH/c17-11-2-1-3-12(11)21-16(23)13-8-22(6-7-24-13)15-10-4-5-18-14(10)19-9-20-15;/h4-5,8-9,11-12H,1-3,6-7,17H2,(H,21,23)(H,18,19,20);1H/t11-,12+;/m1./s1. The minimum Gasteiger partial charge on any atom is -0.347 e. The number of amides is 1. The molecule has 1 aliphatic heterocycles. The highest BCUT2D eigenvalue weighted by Crippen LogP contribution is 2.29. The van der Waals surface area contributed by atoms with Crippen molar-refractivity contribution in [2.24, 2.45) is 5.73 Å². The zero-order valence-electron chi connectivity index (χ0n) is 13.6. The van der Waals surface area contributed by atoms with Gasteiger partial charge in [0.1, 0.15) is 17.8 Å². The number of rotatable bonds is 3. The third kappa shape index (κ3) is 3.61. The number of anilines is 1. The molecule has 134 valence electrons. The first kappa shape index (κ1) is 18.0. The summed E-state index contributed by atoms with van der Waals surface area (Å²) in [5.41, 5.74) is 6.85. The third-order valence-electron chi connectivity index (χ3n) is 4.58. The zero-order valence-corrected chi connectivity index (χ0v) is 15.3. The average molecular weight is 381 g/mol. The van der Waals surface area contributed by atoms with E-state index in [0.717, 1.165) is 48.4 Å². The molecule has 0 bridgehead atoms. The van der Waals surface area contributed by atoms with Gasteiger partial charge in [-0.05, 0) is 25.3 Å². The number of nitrogens with zero attached hydrogens (tertiary/aromatic N) is 3. The van der Waals surface area contributed by atoms with Crippen LogP contribution in [-0.2, 0) is 4.79 Å². The highest BCUT2D eigenvalue weighted by atomic mass is 35.5. The van der Waals surface area contributed by atoms with E-state index in [1.165, 1.54) is 0 Å². The Kier molecular flexibility index (Phi) is 5.51. The van der Waals surface area contributed by atoms with Crippen LogP contribution < -0.4 is 16.0 Å². The number of nitrogens with one attached hydrogen (secondary N) is 2. The van der Waals surface area contributed by atoms with E-state index in [-0.39, 0.29) is 30.4 Å². The van der Waals surface area contributed by atoms with Crippen LogP contribution in [-0.4, -0.2) is 45.2 Å². The lowest BCUT2D eigenvalue weighted by Gasteiger charge is -2.26. The monoisotopic (exact) mass is 380 g/mol. The van der Waals surface area contributed by atoms with Gasteiger partial charge >= 0.3 is 0 Å². The number of hydrogen-bond acceptors (Lipinski definition) is 6. The Morgan fingerprint density at radius 2 is 2.28 bits per heavy atom. The van der Waals surface area contributed by atoms with E-state index in [0.29, 0.717) is 4.91 Å². The Bertz CT molecular complexity index is 794. The van der Waals surface area contributed by atoms with E-state index in [1.807, 2.05) is 23.4 Å². The third-order valence-corrected chi connectivity index (χ3v) is 5.57. The van der Waals surface area contributed by atoms with Crippen molar-refractivity contribution in [3.63, 3.8) is 0 Å². The molecule has 1 amide bonds. The maximum atomic E-state index is 12.6.